The van der Waals surface area contributed by atoms with Gasteiger partial charge in [0.2, 0.25) is 5.91 Å². The van der Waals surface area contributed by atoms with Crippen LogP contribution in [0.25, 0.3) is 0 Å². The zero-order valence-corrected chi connectivity index (χ0v) is 17.2. The van der Waals surface area contributed by atoms with Crippen LogP contribution in [-0.4, -0.2) is 69.1 Å². The second-order valence-electron chi connectivity index (χ2n) is 6.70. The number of nitrogens with one attached hydrogen (secondary N) is 1. The highest BCUT2D eigenvalue weighted by Crippen LogP contribution is 2.39. The van der Waals surface area contributed by atoms with E-state index >= 15 is 0 Å². The minimum atomic E-state index is -0.355. The Morgan fingerprint density at radius 3 is 2.48 bits per heavy atom. The SMILES string of the molecule is CCOc1cc(N2CCOCC2)c(OCC)cc1NC(=O)C1=NN(C)C(=O)CC1. The van der Waals surface area contributed by atoms with E-state index in [1.54, 1.807) is 13.1 Å². The van der Waals surface area contributed by atoms with Crippen LogP contribution in [0, 0.1) is 0 Å². The summed E-state index contributed by atoms with van der Waals surface area (Å²) in [7, 11) is 1.55. The van der Waals surface area contributed by atoms with Gasteiger partial charge in [-0.1, -0.05) is 0 Å². The van der Waals surface area contributed by atoms with Crippen molar-refractivity contribution in [3.8, 4) is 11.5 Å². The molecule has 9 nitrogen and oxygen atoms in total. The molecule has 0 atom stereocenters. The maximum Gasteiger partial charge on any atom is 0.271 e. The van der Waals surface area contributed by atoms with E-state index in [0.717, 1.165) is 18.8 Å². The van der Waals surface area contributed by atoms with E-state index in [9.17, 15) is 9.59 Å². The number of nitrogens with zero attached hydrogens (tertiary/aromatic N) is 3. The molecule has 2 amide bonds. The lowest BCUT2D eigenvalue weighted by atomic mass is 10.1. The monoisotopic (exact) mass is 404 g/mol. The molecule has 0 saturated carbocycles. The van der Waals surface area contributed by atoms with Gasteiger partial charge in [0.05, 0.1) is 37.8 Å². The fraction of sp³-hybridized carbons (Fsp3) is 0.550. The predicted molar refractivity (Wildman–Crippen MR) is 110 cm³/mol. The molecular weight excluding hydrogens is 376 g/mol. The van der Waals surface area contributed by atoms with Crippen molar-refractivity contribution in [2.45, 2.75) is 26.7 Å². The van der Waals surface area contributed by atoms with Crippen LogP contribution in [0.5, 0.6) is 11.5 Å². The molecule has 0 radical (unpaired) electrons. The number of carbonyl (C=O) groups excluding carboxylic acids is 2. The van der Waals surface area contributed by atoms with Gasteiger partial charge < -0.3 is 24.4 Å². The zero-order valence-electron chi connectivity index (χ0n) is 17.2. The van der Waals surface area contributed by atoms with Crippen molar-refractivity contribution in [2.75, 3.05) is 56.8 Å². The topological polar surface area (TPSA) is 92.7 Å². The molecule has 2 heterocycles. The minimum Gasteiger partial charge on any atom is -0.492 e. The summed E-state index contributed by atoms with van der Waals surface area (Å²) in [6.45, 7) is 7.59. The summed E-state index contributed by atoms with van der Waals surface area (Å²) in [5, 5.41) is 8.16. The summed E-state index contributed by atoms with van der Waals surface area (Å²) in [5.41, 5.74) is 1.74. The zero-order chi connectivity index (χ0) is 20.8. The Balaban J connectivity index is 1.90. The first-order valence-corrected chi connectivity index (χ1v) is 9.95. The first kappa shape index (κ1) is 20.9. The maximum atomic E-state index is 12.7. The van der Waals surface area contributed by atoms with Crippen LogP contribution in [0.15, 0.2) is 17.2 Å². The third-order valence-electron chi connectivity index (χ3n) is 4.73. The fourth-order valence-electron chi connectivity index (χ4n) is 3.27. The van der Waals surface area contributed by atoms with Gasteiger partial charge in [-0.15, -0.1) is 0 Å². The molecule has 0 unspecified atom stereocenters. The predicted octanol–water partition coefficient (Wildman–Crippen LogP) is 1.87. The summed E-state index contributed by atoms with van der Waals surface area (Å²) in [5.74, 6) is 0.773. The molecular formula is C20H28N4O5. The molecule has 158 valence electrons. The molecule has 2 aliphatic rings. The van der Waals surface area contributed by atoms with Gasteiger partial charge in [-0.05, 0) is 13.8 Å². The molecule has 1 fully saturated rings. The number of anilines is 2. The third kappa shape index (κ3) is 4.97. The first-order valence-electron chi connectivity index (χ1n) is 9.95. The van der Waals surface area contributed by atoms with E-state index in [-0.39, 0.29) is 18.2 Å². The smallest absolute Gasteiger partial charge is 0.271 e. The van der Waals surface area contributed by atoms with Crippen molar-refractivity contribution < 1.29 is 23.8 Å². The van der Waals surface area contributed by atoms with Gasteiger partial charge in [0.15, 0.2) is 0 Å². The molecule has 9 heteroatoms. The van der Waals surface area contributed by atoms with E-state index < -0.39 is 0 Å². The fourth-order valence-corrected chi connectivity index (χ4v) is 3.27. The molecule has 1 saturated heterocycles. The van der Waals surface area contributed by atoms with Gasteiger partial charge in [0.1, 0.15) is 17.2 Å². The number of rotatable bonds is 7. The second kappa shape index (κ2) is 9.60. The number of morpholine rings is 1. The highest BCUT2D eigenvalue weighted by molar-refractivity contribution is 6.43. The normalized spacial score (nSPS) is 17.1. The van der Waals surface area contributed by atoms with Crippen LogP contribution in [0.2, 0.25) is 0 Å². The van der Waals surface area contributed by atoms with Crippen LogP contribution in [-0.2, 0) is 14.3 Å². The van der Waals surface area contributed by atoms with E-state index in [1.807, 2.05) is 19.9 Å². The standard InChI is InChI=1S/C20H28N4O5/c1-4-28-17-13-16(24-8-10-27-11-9-24)18(29-5-2)12-15(17)21-20(26)14-6-7-19(25)23(3)22-14/h12-13H,4-11H2,1-3H3,(H,21,26). The van der Waals surface area contributed by atoms with E-state index in [4.69, 9.17) is 14.2 Å². The Labute approximate surface area is 170 Å². The summed E-state index contributed by atoms with van der Waals surface area (Å²) in [6, 6.07) is 3.68. The minimum absolute atomic E-state index is 0.106. The van der Waals surface area contributed by atoms with Gasteiger partial charge in [-0.25, -0.2) is 5.01 Å². The Morgan fingerprint density at radius 2 is 1.83 bits per heavy atom. The van der Waals surface area contributed by atoms with Crippen LogP contribution >= 0.6 is 0 Å². The summed E-state index contributed by atoms with van der Waals surface area (Å²) < 4.78 is 17.1. The van der Waals surface area contributed by atoms with Crippen molar-refractivity contribution in [1.29, 1.82) is 0 Å². The molecule has 1 aromatic carbocycles. The highest BCUT2D eigenvalue weighted by Gasteiger charge is 2.24. The summed E-state index contributed by atoms with van der Waals surface area (Å²) >= 11 is 0. The molecule has 2 aliphatic heterocycles. The largest absolute Gasteiger partial charge is 0.492 e. The number of carbonyl (C=O) groups is 2. The molecule has 0 aromatic heterocycles. The van der Waals surface area contributed by atoms with Gasteiger partial charge in [-0.3, -0.25) is 9.59 Å². The van der Waals surface area contributed by atoms with Crippen molar-refractivity contribution in [3.63, 3.8) is 0 Å². The Bertz CT molecular complexity index is 789. The average molecular weight is 404 g/mol. The molecule has 1 aromatic rings. The molecule has 0 aliphatic carbocycles. The molecule has 29 heavy (non-hydrogen) atoms. The van der Waals surface area contributed by atoms with Crippen molar-refractivity contribution in [1.82, 2.24) is 5.01 Å². The summed E-state index contributed by atoms with van der Waals surface area (Å²) in [6.07, 6.45) is 0.574. The number of hydrogen-bond acceptors (Lipinski definition) is 7. The Hall–Kier alpha value is -2.81. The number of ether oxygens (including phenoxy) is 3. The van der Waals surface area contributed by atoms with Crippen LogP contribution in [0.4, 0.5) is 11.4 Å². The first-order chi connectivity index (χ1) is 14.0. The van der Waals surface area contributed by atoms with Crippen molar-refractivity contribution in [2.24, 2.45) is 5.10 Å². The number of amides is 2. The lowest BCUT2D eigenvalue weighted by Gasteiger charge is -2.31. The second-order valence-corrected chi connectivity index (χ2v) is 6.70. The van der Waals surface area contributed by atoms with Gasteiger partial charge in [0.25, 0.3) is 5.91 Å². The average Bonchev–Trinajstić information content (AvgIpc) is 2.72. The summed E-state index contributed by atoms with van der Waals surface area (Å²) in [4.78, 5) is 26.5. The van der Waals surface area contributed by atoms with Crippen LogP contribution in [0.3, 0.4) is 0 Å². The number of benzene rings is 1. The van der Waals surface area contributed by atoms with Gasteiger partial charge >= 0.3 is 0 Å². The van der Waals surface area contributed by atoms with E-state index in [1.165, 1.54) is 5.01 Å². The third-order valence-corrected chi connectivity index (χ3v) is 4.73. The number of hydrogen-bond donors (Lipinski definition) is 1. The van der Waals surface area contributed by atoms with Crippen LogP contribution < -0.4 is 19.7 Å². The maximum absolute atomic E-state index is 12.7. The molecule has 3 rings (SSSR count). The van der Waals surface area contributed by atoms with Crippen molar-refractivity contribution >= 4 is 28.9 Å². The quantitative estimate of drug-likeness (QED) is 0.746. The highest BCUT2D eigenvalue weighted by atomic mass is 16.5. The van der Waals surface area contributed by atoms with Gasteiger partial charge in [-0.2, -0.15) is 5.10 Å². The molecule has 0 bridgehead atoms. The Kier molecular flexibility index (Phi) is 6.92. The lowest BCUT2D eigenvalue weighted by molar-refractivity contribution is -0.130. The van der Waals surface area contributed by atoms with E-state index in [0.29, 0.717) is 55.7 Å². The van der Waals surface area contributed by atoms with Crippen molar-refractivity contribution in [3.05, 3.63) is 12.1 Å². The van der Waals surface area contributed by atoms with Crippen LogP contribution in [0.1, 0.15) is 26.7 Å². The number of hydrazone groups is 1. The molecule has 1 N–H and O–H groups in total. The van der Waals surface area contributed by atoms with E-state index in [2.05, 4.69) is 15.3 Å². The Morgan fingerprint density at radius 1 is 1.14 bits per heavy atom. The lowest BCUT2D eigenvalue weighted by Crippen LogP contribution is -2.36. The molecule has 0 spiro atoms. The van der Waals surface area contributed by atoms with Gasteiger partial charge in [0, 0.05) is 45.1 Å².